The number of hydrogen-bond donors (Lipinski definition) is 0. The largest absolute Gasteiger partial charge is 0.491 e. The molecule has 0 spiro atoms. The van der Waals surface area contributed by atoms with E-state index in [-0.39, 0.29) is 5.97 Å². The first-order valence-electron chi connectivity index (χ1n) is 7.69. The van der Waals surface area contributed by atoms with Gasteiger partial charge in [-0.15, -0.1) is 0 Å². The number of nitrogens with zero attached hydrogens (tertiary/aromatic N) is 2. The molecule has 0 bridgehead atoms. The first-order valence-corrected chi connectivity index (χ1v) is 7.69. The van der Waals surface area contributed by atoms with Gasteiger partial charge in [0.15, 0.2) is 5.58 Å². The summed E-state index contributed by atoms with van der Waals surface area (Å²) in [5, 5.41) is 0. The van der Waals surface area contributed by atoms with Gasteiger partial charge in [0, 0.05) is 5.56 Å². The standard InChI is InChI=1S/C18H16N2O4/c1-22-17(21)12-6-7-13-11-20(8-9-23-16(13)10-12)18-19-14-4-2-3-5-15(14)24-18/h2-7,10H,8-9,11H2,1H3. The third-order valence-corrected chi connectivity index (χ3v) is 4.02. The maximum absolute atomic E-state index is 11.7. The van der Waals surface area contributed by atoms with Gasteiger partial charge in [0.25, 0.3) is 6.01 Å². The third-order valence-electron chi connectivity index (χ3n) is 4.02. The highest BCUT2D eigenvalue weighted by Crippen LogP contribution is 2.29. The summed E-state index contributed by atoms with van der Waals surface area (Å²) >= 11 is 0. The molecule has 0 unspecified atom stereocenters. The number of aromatic nitrogens is 1. The quantitative estimate of drug-likeness (QED) is 0.675. The normalized spacial score (nSPS) is 14.0. The summed E-state index contributed by atoms with van der Waals surface area (Å²) in [4.78, 5) is 18.2. The molecule has 24 heavy (non-hydrogen) atoms. The lowest BCUT2D eigenvalue weighted by Gasteiger charge is -2.16. The molecule has 3 aromatic rings. The van der Waals surface area contributed by atoms with Gasteiger partial charge in [0.2, 0.25) is 0 Å². The lowest BCUT2D eigenvalue weighted by molar-refractivity contribution is 0.0600. The van der Waals surface area contributed by atoms with Gasteiger partial charge >= 0.3 is 5.97 Å². The van der Waals surface area contributed by atoms with Crippen molar-refractivity contribution in [3.8, 4) is 5.75 Å². The zero-order chi connectivity index (χ0) is 16.5. The highest BCUT2D eigenvalue weighted by Gasteiger charge is 2.21. The number of ether oxygens (including phenoxy) is 2. The van der Waals surface area contributed by atoms with Crippen LogP contribution in [0.25, 0.3) is 11.1 Å². The van der Waals surface area contributed by atoms with Gasteiger partial charge in [-0.2, -0.15) is 4.98 Å². The molecule has 1 aromatic heterocycles. The highest BCUT2D eigenvalue weighted by molar-refractivity contribution is 5.90. The molecule has 2 heterocycles. The van der Waals surface area contributed by atoms with Crippen LogP contribution in [0.1, 0.15) is 15.9 Å². The van der Waals surface area contributed by atoms with E-state index in [1.165, 1.54) is 7.11 Å². The maximum Gasteiger partial charge on any atom is 0.337 e. The molecule has 122 valence electrons. The van der Waals surface area contributed by atoms with Crippen LogP contribution in [0.2, 0.25) is 0 Å². The Hall–Kier alpha value is -3.02. The number of para-hydroxylation sites is 2. The Bertz CT molecular complexity index is 870. The minimum Gasteiger partial charge on any atom is -0.491 e. The van der Waals surface area contributed by atoms with Gasteiger partial charge in [0.1, 0.15) is 17.9 Å². The molecular weight excluding hydrogens is 308 g/mol. The molecule has 0 N–H and O–H groups in total. The van der Waals surface area contributed by atoms with Crippen molar-refractivity contribution in [1.82, 2.24) is 4.98 Å². The molecule has 0 fully saturated rings. The smallest absolute Gasteiger partial charge is 0.337 e. The Morgan fingerprint density at radius 2 is 2.12 bits per heavy atom. The first kappa shape index (κ1) is 14.6. The van der Waals surface area contributed by atoms with Crippen molar-refractivity contribution in [2.24, 2.45) is 0 Å². The Kier molecular flexibility index (Phi) is 3.57. The van der Waals surface area contributed by atoms with Crippen molar-refractivity contribution in [3.05, 3.63) is 53.6 Å². The molecule has 0 radical (unpaired) electrons. The van der Waals surface area contributed by atoms with E-state index in [1.807, 2.05) is 35.2 Å². The molecule has 6 heteroatoms. The van der Waals surface area contributed by atoms with E-state index < -0.39 is 0 Å². The summed E-state index contributed by atoms with van der Waals surface area (Å²) in [6, 6.07) is 13.6. The highest BCUT2D eigenvalue weighted by atomic mass is 16.5. The molecule has 4 rings (SSSR count). The summed E-state index contributed by atoms with van der Waals surface area (Å²) in [7, 11) is 1.36. The summed E-state index contributed by atoms with van der Waals surface area (Å²) in [6.07, 6.45) is 0. The van der Waals surface area contributed by atoms with Gasteiger partial charge in [-0.25, -0.2) is 4.79 Å². The Balaban J connectivity index is 1.65. The van der Waals surface area contributed by atoms with Crippen LogP contribution in [0.4, 0.5) is 6.01 Å². The second kappa shape index (κ2) is 5.88. The lowest BCUT2D eigenvalue weighted by atomic mass is 10.1. The van der Waals surface area contributed by atoms with Gasteiger partial charge in [-0.05, 0) is 24.3 Å². The summed E-state index contributed by atoms with van der Waals surface area (Å²) in [5.74, 6) is 0.318. The Labute approximate surface area is 138 Å². The van der Waals surface area contributed by atoms with Crippen LogP contribution in [0.5, 0.6) is 5.75 Å². The number of oxazole rings is 1. The maximum atomic E-state index is 11.7. The summed E-state index contributed by atoms with van der Waals surface area (Å²) in [6.45, 7) is 1.73. The fourth-order valence-corrected chi connectivity index (χ4v) is 2.77. The van der Waals surface area contributed by atoms with Crippen molar-refractivity contribution in [2.75, 3.05) is 25.2 Å². The van der Waals surface area contributed by atoms with Crippen LogP contribution in [-0.2, 0) is 11.3 Å². The van der Waals surface area contributed by atoms with Gasteiger partial charge < -0.3 is 18.8 Å². The van der Waals surface area contributed by atoms with Crippen molar-refractivity contribution < 1.29 is 18.7 Å². The van der Waals surface area contributed by atoms with E-state index in [2.05, 4.69) is 4.98 Å². The number of carbonyl (C=O) groups excluding carboxylic acids is 1. The van der Waals surface area contributed by atoms with Gasteiger partial charge in [-0.3, -0.25) is 0 Å². The number of anilines is 1. The molecule has 0 saturated heterocycles. The van der Waals surface area contributed by atoms with Crippen molar-refractivity contribution >= 4 is 23.1 Å². The monoisotopic (exact) mass is 324 g/mol. The van der Waals surface area contributed by atoms with Crippen LogP contribution in [-0.4, -0.2) is 31.2 Å². The van der Waals surface area contributed by atoms with Crippen molar-refractivity contribution in [2.45, 2.75) is 6.54 Å². The zero-order valence-corrected chi connectivity index (χ0v) is 13.2. The van der Waals surface area contributed by atoms with Crippen molar-refractivity contribution in [3.63, 3.8) is 0 Å². The van der Waals surface area contributed by atoms with E-state index in [9.17, 15) is 4.79 Å². The topological polar surface area (TPSA) is 64.8 Å². The SMILES string of the molecule is COC(=O)c1ccc2c(c1)OCCN(c1nc3ccccc3o1)C2. The second-order valence-electron chi connectivity index (χ2n) is 5.55. The number of hydrogen-bond acceptors (Lipinski definition) is 6. The first-order chi connectivity index (χ1) is 11.7. The average molecular weight is 324 g/mol. The van der Waals surface area contributed by atoms with Gasteiger partial charge in [-0.1, -0.05) is 18.2 Å². The van der Waals surface area contributed by atoms with E-state index in [0.29, 0.717) is 37.0 Å². The molecular formula is C18H16N2O4. The summed E-state index contributed by atoms with van der Waals surface area (Å²) in [5.41, 5.74) is 3.05. The van der Waals surface area contributed by atoms with Gasteiger partial charge in [0.05, 0.1) is 25.8 Å². The lowest BCUT2D eigenvalue weighted by Crippen LogP contribution is -2.25. The van der Waals surface area contributed by atoms with Crippen molar-refractivity contribution in [1.29, 1.82) is 0 Å². The predicted molar refractivity (Wildman–Crippen MR) is 88.3 cm³/mol. The predicted octanol–water partition coefficient (Wildman–Crippen LogP) is 3.01. The fourth-order valence-electron chi connectivity index (χ4n) is 2.77. The minimum absolute atomic E-state index is 0.374. The van der Waals surface area contributed by atoms with E-state index in [4.69, 9.17) is 13.9 Å². The molecule has 6 nitrogen and oxygen atoms in total. The average Bonchev–Trinajstić information content (AvgIpc) is 2.93. The number of carbonyl (C=O) groups is 1. The molecule has 0 saturated carbocycles. The number of esters is 1. The Morgan fingerprint density at radius 1 is 1.25 bits per heavy atom. The van der Waals surface area contributed by atoms with Crippen LogP contribution in [0, 0.1) is 0 Å². The van der Waals surface area contributed by atoms with E-state index in [0.717, 1.165) is 16.7 Å². The second-order valence-corrected chi connectivity index (χ2v) is 5.55. The van der Waals surface area contributed by atoms with E-state index in [1.54, 1.807) is 12.1 Å². The number of fused-ring (bicyclic) bond motifs is 2. The number of methoxy groups -OCH3 is 1. The van der Waals surface area contributed by atoms with E-state index >= 15 is 0 Å². The molecule has 1 aliphatic heterocycles. The third kappa shape index (κ3) is 2.56. The minimum atomic E-state index is -0.374. The zero-order valence-electron chi connectivity index (χ0n) is 13.2. The molecule has 2 aromatic carbocycles. The Morgan fingerprint density at radius 3 is 2.96 bits per heavy atom. The van der Waals surface area contributed by atoms with Crippen LogP contribution < -0.4 is 9.64 Å². The summed E-state index contributed by atoms with van der Waals surface area (Å²) < 4.78 is 16.4. The number of benzene rings is 2. The van der Waals surface area contributed by atoms with Crippen LogP contribution >= 0.6 is 0 Å². The molecule has 0 aliphatic carbocycles. The molecule has 0 atom stereocenters. The van der Waals surface area contributed by atoms with Crippen LogP contribution in [0.15, 0.2) is 46.9 Å². The van der Waals surface area contributed by atoms with Crippen LogP contribution in [0.3, 0.4) is 0 Å². The fraction of sp³-hybridized carbons (Fsp3) is 0.222. The molecule has 1 aliphatic rings. The number of rotatable bonds is 2. The molecule has 0 amide bonds.